The number of hydrogen-bond donors (Lipinski definition) is 1. The molecule has 2 aromatic carbocycles. The standard InChI is InChI=1S/C16H14N2O5/c19-15(17-13-8-4-5-9-14(13)18(21)22)11-23-16(20)10-12-6-2-1-3-7-12/h1-9H,10-11H2,(H,17,19). The van der Waals surface area contributed by atoms with Gasteiger partial charge in [0.25, 0.3) is 11.6 Å². The van der Waals surface area contributed by atoms with E-state index in [1.165, 1.54) is 18.2 Å². The molecule has 0 aliphatic rings. The van der Waals surface area contributed by atoms with E-state index in [4.69, 9.17) is 4.74 Å². The number of benzene rings is 2. The van der Waals surface area contributed by atoms with Crippen LogP contribution in [0.5, 0.6) is 0 Å². The third kappa shape index (κ3) is 4.92. The number of nitrogens with one attached hydrogen (secondary N) is 1. The molecule has 0 spiro atoms. The first-order chi connectivity index (χ1) is 11.1. The summed E-state index contributed by atoms with van der Waals surface area (Å²) in [6.45, 7) is -0.502. The average Bonchev–Trinajstić information content (AvgIpc) is 2.54. The maximum absolute atomic E-state index is 11.7. The summed E-state index contributed by atoms with van der Waals surface area (Å²) in [5.74, 6) is -1.19. The van der Waals surface area contributed by atoms with Crippen LogP contribution in [0.3, 0.4) is 0 Å². The molecule has 0 unspecified atom stereocenters. The first-order valence-corrected chi connectivity index (χ1v) is 6.79. The number of carbonyl (C=O) groups is 2. The number of carbonyl (C=O) groups excluding carboxylic acids is 2. The van der Waals surface area contributed by atoms with Crippen LogP contribution >= 0.6 is 0 Å². The predicted octanol–water partition coefficient (Wildman–Crippen LogP) is 2.32. The number of nitro groups is 1. The van der Waals surface area contributed by atoms with E-state index in [1.807, 2.05) is 6.07 Å². The van der Waals surface area contributed by atoms with Gasteiger partial charge in [0, 0.05) is 6.07 Å². The van der Waals surface area contributed by atoms with Crippen molar-refractivity contribution in [2.45, 2.75) is 6.42 Å². The van der Waals surface area contributed by atoms with Crippen molar-refractivity contribution in [1.29, 1.82) is 0 Å². The van der Waals surface area contributed by atoms with Gasteiger partial charge in [-0.2, -0.15) is 0 Å². The lowest BCUT2D eigenvalue weighted by molar-refractivity contribution is -0.383. The van der Waals surface area contributed by atoms with Crippen molar-refractivity contribution in [3.63, 3.8) is 0 Å². The predicted molar refractivity (Wildman–Crippen MR) is 82.8 cm³/mol. The van der Waals surface area contributed by atoms with E-state index in [0.717, 1.165) is 5.56 Å². The molecule has 0 aliphatic carbocycles. The third-order valence-corrected chi connectivity index (χ3v) is 2.93. The minimum absolute atomic E-state index is 0.0552. The fourth-order valence-corrected chi connectivity index (χ4v) is 1.88. The van der Waals surface area contributed by atoms with Crippen molar-refractivity contribution in [3.05, 3.63) is 70.3 Å². The lowest BCUT2D eigenvalue weighted by Crippen LogP contribution is -2.22. The normalized spacial score (nSPS) is 9.91. The lowest BCUT2D eigenvalue weighted by atomic mass is 10.2. The van der Waals surface area contributed by atoms with E-state index in [9.17, 15) is 19.7 Å². The van der Waals surface area contributed by atoms with E-state index in [-0.39, 0.29) is 17.8 Å². The van der Waals surface area contributed by atoms with Crippen LogP contribution in [0.2, 0.25) is 0 Å². The molecule has 0 saturated heterocycles. The Bertz CT molecular complexity index is 715. The zero-order valence-corrected chi connectivity index (χ0v) is 12.1. The Morgan fingerprint density at radius 3 is 2.39 bits per heavy atom. The molecule has 1 amide bonds. The van der Waals surface area contributed by atoms with Crippen LogP contribution < -0.4 is 5.32 Å². The molecule has 0 radical (unpaired) electrons. The fourth-order valence-electron chi connectivity index (χ4n) is 1.88. The Hall–Kier alpha value is -3.22. The summed E-state index contributed by atoms with van der Waals surface area (Å²) < 4.78 is 4.86. The van der Waals surface area contributed by atoms with Gasteiger partial charge in [-0.25, -0.2) is 0 Å². The second-order valence-electron chi connectivity index (χ2n) is 4.65. The highest BCUT2D eigenvalue weighted by atomic mass is 16.6. The molecule has 0 aromatic heterocycles. The minimum Gasteiger partial charge on any atom is -0.455 e. The molecule has 2 aromatic rings. The van der Waals surface area contributed by atoms with Crippen molar-refractivity contribution in [3.8, 4) is 0 Å². The van der Waals surface area contributed by atoms with Crippen molar-refractivity contribution < 1.29 is 19.2 Å². The van der Waals surface area contributed by atoms with E-state index in [0.29, 0.717) is 0 Å². The number of nitrogens with zero attached hydrogens (tertiary/aromatic N) is 1. The van der Waals surface area contributed by atoms with E-state index >= 15 is 0 Å². The van der Waals surface area contributed by atoms with Crippen molar-refractivity contribution in [2.24, 2.45) is 0 Å². The van der Waals surface area contributed by atoms with E-state index in [1.54, 1.807) is 30.3 Å². The summed E-state index contributed by atoms with van der Waals surface area (Å²) in [6, 6.07) is 14.7. The summed E-state index contributed by atoms with van der Waals surface area (Å²) in [6.07, 6.45) is 0.0552. The van der Waals surface area contributed by atoms with Crippen LogP contribution in [0, 0.1) is 10.1 Å². The van der Waals surface area contributed by atoms with Crippen molar-refractivity contribution in [1.82, 2.24) is 0 Å². The van der Waals surface area contributed by atoms with Crippen LogP contribution in [0.15, 0.2) is 54.6 Å². The molecule has 0 heterocycles. The number of nitro benzene ring substituents is 1. The molecular weight excluding hydrogens is 300 g/mol. The first-order valence-electron chi connectivity index (χ1n) is 6.79. The number of amides is 1. The Morgan fingerprint density at radius 1 is 1.04 bits per heavy atom. The molecule has 0 aliphatic heterocycles. The van der Waals surface area contributed by atoms with E-state index in [2.05, 4.69) is 5.32 Å². The highest BCUT2D eigenvalue weighted by Crippen LogP contribution is 2.22. The number of anilines is 1. The summed E-state index contributed by atoms with van der Waals surface area (Å²) >= 11 is 0. The SMILES string of the molecule is O=C(COC(=O)Cc1ccccc1)Nc1ccccc1[N+](=O)[O-]. The number of ether oxygens (including phenoxy) is 1. The number of hydrogen-bond acceptors (Lipinski definition) is 5. The Labute approximate surface area is 132 Å². The summed E-state index contributed by atoms with van der Waals surface area (Å²) in [7, 11) is 0. The largest absolute Gasteiger partial charge is 0.455 e. The fraction of sp³-hybridized carbons (Fsp3) is 0.125. The minimum atomic E-state index is -0.638. The molecule has 1 N–H and O–H groups in total. The van der Waals surface area contributed by atoms with Crippen molar-refractivity contribution in [2.75, 3.05) is 11.9 Å². The number of esters is 1. The highest BCUT2D eigenvalue weighted by molar-refractivity contribution is 5.94. The van der Waals surface area contributed by atoms with Crippen LogP contribution in [0.4, 0.5) is 11.4 Å². The topological polar surface area (TPSA) is 98.5 Å². The quantitative estimate of drug-likeness (QED) is 0.501. The summed E-state index contributed by atoms with van der Waals surface area (Å²) in [5, 5.41) is 13.2. The maximum atomic E-state index is 11.7. The molecule has 118 valence electrons. The van der Waals surface area contributed by atoms with E-state index < -0.39 is 23.4 Å². The van der Waals surface area contributed by atoms with Gasteiger partial charge in [-0.1, -0.05) is 42.5 Å². The number of rotatable bonds is 6. The zero-order chi connectivity index (χ0) is 16.7. The van der Waals surface area contributed by atoms with Gasteiger partial charge in [0.1, 0.15) is 5.69 Å². The lowest BCUT2D eigenvalue weighted by Gasteiger charge is -2.07. The maximum Gasteiger partial charge on any atom is 0.310 e. The third-order valence-electron chi connectivity index (χ3n) is 2.93. The Morgan fingerprint density at radius 2 is 1.70 bits per heavy atom. The van der Waals surface area contributed by atoms with Gasteiger partial charge in [-0.05, 0) is 11.6 Å². The second-order valence-corrected chi connectivity index (χ2v) is 4.65. The summed E-state index contributed by atoms with van der Waals surface area (Å²) in [5.41, 5.74) is 0.606. The van der Waals surface area contributed by atoms with Gasteiger partial charge in [0.15, 0.2) is 6.61 Å². The van der Waals surface area contributed by atoms with Crippen LogP contribution in [-0.4, -0.2) is 23.4 Å². The van der Waals surface area contributed by atoms with Crippen LogP contribution in [0.1, 0.15) is 5.56 Å². The van der Waals surface area contributed by atoms with Gasteiger partial charge < -0.3 is 10.1 Å². The van der Waals surface area contributed by atoms with Gasteiger partial charge in [-0.3, -0.25) is 19.7 Å². The van der Waals surface area contributed by atoms with Gasteiger partial charge in [0.2, 0.25) is 0 Å². The molecule has 0 fully saturated rings. The Kier molecular flexibility index (Phi) is 5.40. The molecule has 23 heavy (non-hydrogen) atoms. The molecule has 7 heteroatoms. The van der Waals surface area contributed by atoms with Gasteiger partial charge in [-0.15, -0.1) is 0 Å². The average molecular weight is 314 g/mol. The molecule has 0 saturated carbocycles. The van der Waals surface area contributed by atoms with Crippen LogP contribution in [-0.2, 0) is 20.7 Å². The smallest absolute Gasteiger partial charge is 0.310 e. The van der Waals surface area contributed by atoms with Crippen LogP contribution in [0.25, 0.3) is 0 Å². The second kappa shape index (κ2) is 7.69. The van der Waals surface area contributed by atoms with Crippen molar-refractivity contribution >= 4 is 23.3 Å². The number of para-hydroxylation sites is 2. The molecule has 2 rings (SSSR count). The van der Waals surface area contributed by atoms with Gasteiger partial charge in [0.05, 0.1) is 11.3 Å². The molecule has 0 atom stereocenters. The molecule has 7 nitrogen and oxygen atoms in total. The monoisotopic (exact) mass is 314 g/mol. The summed E-state index contributed by atoms with van der Waals surface area (Å²) in [4.78, 5) is 33.6. The molecular formula is C16H14N2O5. The first kappa shape index (κ1) is 16.2. The van der Waals surface area contributed by atoms with Gasteiger partial charge >= 0.3 is 5.97 Å². The Balaban J connectivity index is 1.86. The molecule has 0 bridgehead atoms. The highest BCUT2D eigenvalue weighted by Gasteiger charge is 2.15. The zero-order valence-electron chi connectivity index (χ0n) is 12.1.